The molecule has 1 aromatic rings. The Kier molecular flexibility index (Phi) is 8.26. The predicted molar refractivity (Wildman–Crippen MR) is 95.7 cm³/mol. The molecule has 0 aromatic heterocycles. The summed E-state index contributed by atoms with van der Waals surface area (Å²) in [6.45, 7) is 3.81. The van der Waals surface area contributed by atoms with Crippen LogP contribution in [-0.2, 0) is 9.59 Å². The summed E-state index contributed by atoms with van der Waals surface area (Å²) in [5.74, 6) is -2.05. The molecule has 0 radical (unpaired) electrons. The fourth-order valence-corrected chi connectivity index (χ4v) is 2.25. The smallest absolute Gasteiger partial charge is 0.335 e. The second-order valence-corrected chi connectivity index (χ2v) is 5.42. The van der Waals surface area contributed by atoms with Crippen molar-refractivity contribution in [2.24, 2.45) is 0 Å². The van der Waals surface area contributed by atoms with Crippen molar-refractivity contribution < 1.29 is 19.8 Å². The van der Waals surface area contributed by atoms with Gasteiger partial charge in [-0.3, -0.25) is 0 Å². The van der Waals surface area contributed by atoms with E-state index in [9.17, 15) is 19.8 Å². The first-order valence-electron chi connectivity index (χ1n) is 8.13. The van der Waals surface area contributed by atoms with Gasteiger partial charge in [0.15, 0.2) is 0 Å². The standard InChI is InChI=1S/C20H24O4/c1-3-5-11-17(19(21)22)14-16(4-2)18(20(23)24)13-12-15-9-7-6-8-10-15/h6-10,12-14H,3-5,11H2,1-2H3,(H,21,22)(H,23,24). The second-order valence-electron chi connectivity index (χ2n) is 5.42. The Morgan fingerprint density at radius 2 is 1.71 bits per heavy atom. The summed E-state index contributed by atoms with van der Waals surface area (Å²) in [6.07, 6.45) is 7.30. The van der Waals surface area contributed by atoms with E-state index in [-0.39, 0.29) is 11.1 Å². The summed E-state index contributed by atoms with van der Waals surface area (Å²) in [5.41, 5.74) is 1.78. The Labute approximate surface area is 142 Å². The second kappa shape index (κ2) is 10.2. The fourth-order valence-electron chi connectivity index (χ4n) is 2.25. The van der Waals surface area contributed by atoms with E-state index in [4.69, 9.17) is 0 Å². The minimum absolute atomic E-state index is 0.122. The van der Waals surface area contributed by atoms with Gasteiger partial charge in [0.1, 0.15) is 0 Å². The molecule has 0 aliphatic carbocycles. The van der Waals surface area contributed by atoms with Crippen molar-refractivity contribution in [3.63, 3.8) is 0 Å². The van der Waals surface area contributed by atoms with Gasteiger partial charge in [-0.1, -0.05) is 56.7 Å². The van der Waals surface area contributed by atoms with Gasteiger partial charge in [-0.25, -0.2) is 9.59 Å². The topological polar surface area (TPSA) is 74.6 Å². The normalized spacial score (nSPS) is 13.0. The number of benzene rings is 1. The Balaban J connectivity index is 3.24. The maximum Gasteiger partial charge on any atom is 0.335 e. The fraction of sp³-hybridized carbons (Fsp3) is 0.300. The number of rotatable bonds is 9. The first-order valence-corrected chi connectivity index (χ1v) is 8.13. The van der Waals surface area contributed by atoms with Crippen LogP contribution in [0.15, 0.2) is 59.2 Å². The quantitative estimate of drug-likeness (QED) is 0.509. The van der Waals surface area contributed by atoms with Crippen LogP contribution in [0.4, 0.5) is 0 Å². The summed E-state index contributed by atoms with van der Waals surface area (Å²) in [4.78, 5) is 23.0. The van der Waals surface area contributed by atoms with Crippen LogP contribution in [0.5, 0.6) is 0 Å². The van der Waals surface area contributed by atoms with Crippen molar-refractivity contribution in [1.29, 1.82) is 0 Å². The van der Waals surface area contributed by atoms with Crippen LogP contribution in [0, 0.1) is 0 Å². The molecule has 4 heteroatoms. The number of carbonyl (C=O) groups is 2. The zero-order valence-corrected chi connectivity index (χ0v) is 14.2. The number of allylic oxidation sites excluding steroid dienone is 2. The average Bonchev–Trinajstić information content (AvgIpc) is 2.57. The van der Waals surface area contributed by atoms with E-state index in [1.165, 1.54) is 12.2 Å². The summed E-state index contributed by atoms with van der Waals surface area (Å²) in [5, 5.41) is 18.8. The van der Waals surface area contributed by atoms with Crippen LogP contribution in [0.3, 0.4) is 0 Å². The number of carboxylic acid groups (broad SMARTS) is 2. The van der Waals surface area contributed by atoms with Crippen molar-refractivity contribution in [1.82, 2.24) is 0 Å². The highest BCUT2D eigenvalue weighted by Gasteiger charge is 2.13. The van der Waals surface area contributed by atoms with Gasteiger partial charge in [0.05, 0.1) is 5.57 Å². The molecule has 128 valence electrons. The maximum absolute atomic E-state index is 11.6. The van der Waals surface area contributed by atoms with Gasteiger partial charge >= 0.3 is 11.9 Å². The van der Waals surface area contributed by atoms with Crippen LogP contribution in [0.1, 0.15) is 45.1 Å². The van der Waals surface area contributed by atoms with Crippen LogP contribution in [-0.4, -0.2) is 22.2 Å². The molecule has 0 atom stereocenters. The first kappa shape index (κ1) is 19.4. The third kappa shape index (κ3) is 6.24. The van der Waals surface area contributed by atoms with E-state index in [1.54, 1.807) is 6.08 Å². The molecule has 0 aliphatic heterocycles. The van der Waals surface area contributed by atoms with E-state index in [0.717, 1.165) is 18.4 Å². The molecule has 0 saturated heterocycles. The van der Waals surface area contributed by atoms with Gasteiger partial charge in [-0.05, 0) is 42.6 Å². The number of hydrogen-bond donors (Lipinski definition) is 2. The molecule has 1 rings (SSSR count). The number of unbranched alkanes of at least 4 members (excludes halogenated alkanes) is 1. The van der Waals surface area contributed by atoms with Gasteiger partial charge < -0.3 is 10.2 Å². The van der Waals surface area contributed by atoms with Crippen LogP contribution in [0.2, 0.25) is 0 Å². The van der Waals surface area contributed by atoms with Crippen molar-refractivity contribution in [2.75, 3.05) is 0 Å². The molecular formula is C20H24O4. The Hall–Kier alpha value is -2.62. The lowest BCUT2D eigenvalue weighted by atomic mass is 9.99. The molecule has 0 unspecified atom stereocenters. The highest BCUT2D eigenvalue weighted by molar-refractivity contribution is 5.94. The van der Waals surface area contributed by atoms with Gasteiger partial charge in [0.25, 0.3) is 0 Å². The van der Waals surface area contributed by atoms with E-state index in [1.807, 2.05) is 44.2 Å². The lowest BCUT2D eigenvalue weighted by Crippen LogP contribution is -2.05. The Bertz CT molecular complexity index is 651. The van der Waals surface area contributed by atoms with Crippen molar-refractivity contribution >= 4 is 18.0 Å². The van der Waals surface area contributed by atoms with Crippen molar-refractivity contribution in [3.8, 4) is 0 Å². The van der Waals surface area contributed by atoms with E-state index < -0.39 is 11.9 Å². The zero-order chi connectivity index (χ0) is 17.9. The van der Waals surface area contributed by atoms with Crippen LogP contribution >= 0.6 is 0 Å². The SMILES string of the molecule is CCCCC(=CC(CC)=C(C=Cc1ccccc1)C(=O)O)C(=O)O. The molecule has 0 spiro atoms. The van der Waals surface area contributed by atoms with E-state index >= 15 is 0 Å². The third-order valence-corrected chi connectivity index (χ3v) is 3.62. The molecule has 0 bridgehead atoms. The lowest BCUT2D eigenvalue weighted by Gasteiger charge is -2.07. The van der Waals surface area contributed by atoms with E-state index in [0.29, 0.717) is 18.4 Å². The van der Waals surface area contributed by atoms with Crippen LogP contribution < -0.4 is 0 Å². The molecule has 0 saturated carbocycles. The highest BCUT2D eigenvalue weighted by Crippen LogP contribution is 2.19. The molecule has 4 nitrogen and oxygen atoms in total. The van der Waals surface area contributed by atoms with Gasteiger partial charge in [-0.2, -0.15) is 0 Å². The van der Waals surface area contributed by atoms with Gasteiger partial charge in [-0.15, -0.1) is 0 Å². The summed E-state index contributed by atoms with van der Waals surface area (Å²) >= 11 is 0. The van der Waals surface area contributed by atoms with Crippen molar-refractivity contribution in [3.05, 3.63) is 64.8 Å². The third-order valence-electron chi connectivity index (χ3n) is 3.62. The molecule has 0 aliphatic rings. The largest absolute Gasteiger partial charge is 0.478 e. The lowest BCUT2D eigenvalue weighted by molar-refractivity contribution is -0.133. The van der Waals surface area contributed by atoms with Crippen LogP contribution in [0.25, 0.3) is 6.08 Å². The zero-order valence-electron chi connectivity index (χ0n) is 14.2. The molecule has 0 fully saturated rings. The molecule has 2 N–H and O–H groups in total. The molecule has 1 aromatic carbocycles. The van der Waals surface area contributed by atoms with E-state index in [2.05, 4.69) is 0 Å². The van der Waals surface area contributed by atoms with Gasteiger partial charge in [0, 0.05) is 5.57 Å². The minimum atomic E-state index is -1.06. The number of hydrogen-bond acceptors (Lipinski definition) is 2. The highest BCUT2D eigenvalue weighted by atomic mass is 16.4. The minimum Gasteiger partial charge on any atom is -0.478 e. The summed E-state index contributed by atoms with van der Waals surface area (Å²) < 4.78 is 0. The summed E-state index contributed by atoms with van der Waals surface area (Å²) in [7, 11) is 0. The van der Waals surface area contributed by atoms with Gasteiger partial charge in [0.2, 0.25) is 0 Å². The Morgan fingerprint density at radius 1 is 1.04 bits per heavy atom. The molecule has 0 amide bonds. The molecular weight excluding hydrogens is 304 g/mol. The Morgan fingerprint density at radius 3 is 2.21 bits per heavy atom. The number of aliphatic carboxylic acids is 2. The monoisotopic (exact) mass is 328 g/mol. The molecule has 24 heavy (non-hydrogen) atoms. The van der Waals surface area contributed by atoms with Crippen molar-refractivity contribution in [2.45, 2.75) is 39.5 Å². The first-order chi connectivity index (χ1) is 11.5. The summed E-state index contributed by atoms with van der Waals surface area (Å²) in [6, 6.07) is 9.39. The molecule has 0 heterocycles. The predicted octanol–water partition coefficient (Wildman–Crippen LogP) is 4.69. The maximum atomic E-state index is 11.6. The average molecular weight is 328 g/mol. The number of carboxylic acids is 2.